The Morgan fingerprint density at radius 2 is 1.85 bits per heavy atom. The van der Waals surface area contributed by atoms with E-state index in [2.05, 4.69) is 32.6 Å². The molecule has 4 nitrogen and oxygen atoms in total. The van der Waals surface area contributed by atoms with E-state index in [9.17, 15) is 0 Å². The zero-order chi connectivity index (χ0) is 18.4. The van der Waals surface area contributed by atoms with Crippen LogP contribution in [0.5, 0.6) is 0 Å². The number of hydrogen-bond donors (Lipinski definition) is 0. The van der Waals surface area contributed by atoms with Gasteiger partial charge in [-0.15, -0.1) is 0 Å². The molecule has 0 saturated heterocycles. The largest absolute Gasteiger partial charge is 0.381 e. The Morgan fingerprint density at radius 1 is 1.04 bits per heavy atom. The summed E-state index contributed by atoms with van der Waals surface area (Å²) < 4.78 is 22.8. The molecule has 0 aliphatic heterocycles. The third kappa shape index (κ3) is 3.83. The van der Waals surface area contributed by atoms with Crippen LogP contribution in [0.1, 0.15) is 52.9 Å². The Bertz CT molecular complexity index is 579. The van der Waals surface area contributed by atoms with E-state index in [0.29, 0.717) is 42.9 Å². The average Bonchev–Trinajstić information content (AvgIpc) is 3.40. The van der Waals surface area contributed by atoms with Gasteiger partial charge in [0, 0.05) is 12.5 Å². The Kier molecular flexibility index (Phi) is 4.89. The Hall–Kier alpha value is -0.600. The minimum atomic E-state index is -0.0968. The molecule has 4 atom stereocenters. The van der Waals surface area contributed by atoms with Gasteiger partial charge < -0.3 is 18.9 Å². The van der Waals surface area contributed by atoms with Gasteiger partial charge in [-0.1, -0.05) is 11.8 Å². The molecule has 0 N–H and O–H groups in total. The first-order chi connectivity index (χ1) is 12.4. The molecule has 0 radical (unpaired) electrons. The maximum atomic E-state index is 6.18. The van der Waals surface area contributed by atoms with Gasteiger partial charge in [-0.3, -0.25) is 0 Å². The van der Waals surface area contributed by atoms with Crippen molar-refractivity contribution in [2.24, 2.45) is 22.7 Å². The summed E-state index contributed by atoms with van der Waals surface area (Å²) in [6.07, 6.45) is 6.91. The number of ether oxygens (including phenoxy) is 4. The van der Waals surface area contributed by atoms with Gasteiger partial charge in [0.2, 0.25) is 0 Å². The van der Waals surface area contributed by atoms with Crippen molar-refractivity contribution in [2.75, 3.05) is 33.5 Å². The molecule has 0 aromatic rings. The highest BCUT2D eigenvalue weighted by atomic mass is 16.5. The van der Waals surface area contributed by atoms with E-state index in [4.69, 9.17) is 18.9 Å². The lowest BCUT2D eigenvalue weighted by molar-refractivity contribution is -0.0986. The first kappa shape index (κ1) is 18.7. The van der Waals surface area contributed by atoms with Gasteiger partial charge in [-0.25, -0.2) is 0 Å². The highest BCUT2D eigenvalue weighted by Gasteiger charge is 2.77. The van der Waals surface area contributed by atoms with Gasteiger partial charge in [0.1, 0.15) is 6.61 Å². The minimum absolute atomic E-state index is 0.0968. The first-order valence-corrected chi connectivity index (χ1v) is 10.2. The van der Waals surface area contributed by atoms with Crippen LogP contribution in [-0.4, -0.2) is 51.3 Å². The molecular weight excluding hydrogens is 328 g/mol. The third-order valence-corrected chi connectivity index (χ3v) is 6.81. The molecule has 0 heterocycles. The summed E-state index contributed by atoms with van der Waals surface area (Å²) in [4.78, 5) is 0. The van der Waals surface area contributed by atoms with E-state index in [1.807, 2.05) is 0 Å². The van der Waals surface area contributed by atoms with Crippen LogP contribution in [0, 0.1) is 34.5 Å². The molecule has 4 aliphatic rings. The van der Waals surface area contributed by atoms with E-state index in [0.717, 1.165) is 31.3 Å². The summed E-state index contributed by atoms with van der Waals surface area (Å²) in [6, 6.07) is 0. The van der Waals surface area contributed by atoms with Crippen molar-refractivity contribution >= 4 is 0 Å². The van der Waals surface area contributed by atoms with Crippen molar-refractivity contribution in [1.29, 1.82) is 0 Å². The zero-order valence-corrected chi connectivity index (χ0v) is 16.8. The Balaban J connectivity index is 1.15. The maximum absolute atomic E-state index is 6.18. The number of methoxy groups -OCH3 is 1. The standard InChI is InChI=1S/C22H34O4/c1-20(2,3)26-9-8-24-7-5-6-21-12-18(21)19-13-22(19,14-21)15-25-17-10-16(11-17)23-4/h16-19H,7-15H2,1-4H3. The molecule has 26 heavy (non-hydrogen) atoms. The van der Waals surface area contributed by atoms with Crippen LogP contribution in [0.25, 0.3) is 0 Å². The lowest BCUT2D eigenvalue weighted by atomic mass is 9.90. The fourth-order valence-corrected chi connectivity index (χ4v) is 5.12. The molecule has 4 heteroatoms. The van der Waals surface area contributed by atoms with Crippen LogP contribution in [0.4, 0.5) is 0 Å². The Labute approximate surface area is 158 Å². The number of rotatable bonds is 8. The van der Waals surface area contributed by atoms with E-state index in [1.165, 1.54) is 19.3 Å². The highest BCUT2D eigenvalue weighted by molar-refractivity contribution is 5.35. The predicted octanol–water partition coefficient (Wildman–Crippen LogP) is 3.43. The maximum Gasteiger partial charge on any atom is 0.107 e. The van der Waals surface area contributed by atoms with Crippen LogP contribution in [0.2, 0.25) is 0 Å². The molecule has 4 fully saturated rings. The second-order valence-corrected chi connectivity index (χ2v) is 9.89. The highest BCUT2D eigenvalue weighted by Crippen LogP contribution is 2.82. The first-order valence-electron chi connectivity index (χ1n) is 10.2. The van der Waals surface area contributed by atoms with Crippen LogP contribution >= 0.6 is 0 Å². The zero-order valence-electron chi connectivity index (χ0n) is 16.8. The van der Waals surface area contributed by atoms with Crippen LogP contribution in [0.3, 0.4) is 0 Å². The van der Waals surface area contributed by atoms with Crippen molar-refractivity contribution in [2.45, 2.75) is 70.7 Å². The second kappa shape index (κ2) is 6.78. The van der Waals surface area contributed by atoms with Gasteiger partial charge in [0.25, 0.3) is 0 Å². The molecule has 0 spiro atoms. The van der Waals surface area contributed by atoms with Crippen molar-refractivity contribution in [3.8, 4) is 11.8 Å². The van der Waals surface area contributed by atoms with E-state index >= 15 is 0 Å². The minimum Gasteiger partial charge on any atom is -0.381 e. The van der Waals surface area contributed by atoms with E-state index in [1.54, 1.807) is 7.11 Å². The molecule has 146 valence electrons. The molecule has 4 rings (SSSR count). The SMILES string of the molecule is COC1CC(OCC23CC2C2CC2(C#CCOCCOC(C)(C)C)C3)C1. The molecule has 0 aromatic carbocycles. The van der Waals surface area contributed by atoms with E-state index in [-0.39, 0.29) is 5.60 Å². The summed E-state index contributed by atoms with van der Waals surface area (Å²) in [5.74, 6) is 8.55. The van der Waals surface area contributed by atoms with Gasteiger partial charge in [-0.05, 0) is 70.1 Å². The van der Waals surface area contributed by atoms with Crippen molar-refractivity contribution in [1.82, 2.24) is 0 Å². The van der Waals surface area contributed by atoms with Gasteiger partial charge in [0.05, 0.1) is 37.6 Å². The lowest BCUT2D eigenvalue weighted by Crippen LogP contribution is -2.38. The molecule has 0 bridgehead atoms. The normalized spacial score (nSPS) is 42.3. The molecular formula is C22H34O4. The Morgan fingerprint density at radius 3 is 2.58 bits per heavy atom. The molecule has 4 aliphatic carbocycles. The van der Waals surface area contributed by atoms with Crippen molar-refractivity contribution in [3.05, 3.63) is 0 Å². The fraction of sp³-hybridized carbons (Fsp3) is 0.909. The summed E-state index contributed by atoms with van der Waals surface area (Å²) in [5, 5.41) is 0. The van der Waals surface area contributed by atoms with Crippen LogP contribution in [0.15, 0.2) is 0 Å². The van der Waals surface area contributed by atoms with Crippen LogP contribution in [-0.2, 0) is 18.9 Å². The van der Waals surface area contributed by atoms with Gasteiger partial charge >= 0.3 is 0 Å². The van der Waals surface area contributed by atoms with Gasteiger partial charge in [0.15, 0.2) is 0 Å². The lowest BCUT2D eigenvalue weighted by Gasteiger charge is -2.35. The van der Waals surface area contributed by atoms with E-state index < -0.39 is 0 Å². The summed E-state index contributed by atoms with van der Waals surface area (Å²) in [6.45, 7) is 8.90. The molecule has 0 aromatic heterocycles. The quantitative estimate of drug-likeness (QED) is 0.490. The van der Waals surface area contributed by atoms with Crippen molar-refractivity contribution in [3.63, 3.8) is 0 Å². The summed E-state index contributed by atoms with van der Waals surface area (Å²) >= 11 is 0. The summed E-state index contributed by atoms with van der Waals surface area (Å²) in [5.41, 5.74) is 0.657. The number of hydrogen-bond acceptors (Lipinski definition) is 4. The fourth-order valence-electron chi connectivity index (χ4n) is 5.12. The monoisotopic (exact) mass is 362 g/mol. The molecule has 4 unspecified atom stereocenters. The second-order valence-electron chi connectivity index (χ2n) is 9.89. The topological polar surface area (TPSA) is 36.9 Å². The average molecular weight is 363 g/mol. The predicted molar refractivity (Wildman–Crippen MR) is 99.8 cm³/mol. The summed E-state index contributed by atoms with van der Waals surface area (Å²) in [7, 11) is 1.80. The van der Waals surface area contributed by atoms with Crippen molar-refractivity contribution < 1.29 is 18.9 Å². The number of fused-ring (bicyclic) bond motifs is 3. The molecule has 4 saturated carbocycles. The third-order valence-electron chi connectivity index (χ3n) is 6.81. The van der Waals surface area contributed by atoms with Gasteiger partial charge in [-0.2, -0.15) is 0 Å². The smallest absolute Gasteiger partial charge is 0.107 e. The van der Waals surface area contributed by atoms with Crippen LogP contribution < -0.4 is 0 Å². The molecule has 0 amide bonds.